The van der Waals surface area contributed by atoms with Gasteiger partial charge in [0, 0.05) is 12.6 Å². The van der Waals surface area contributed by atoms with E-state index in [0.29, 0.717) is 11.4 Å². The zero-order valence-electron chi connectivity index (χ0n) is 10.9. The summed E-state index contributed by atoms with van der Waals surface area (Å²) in [5.74, 6) is 1.51. The third-order valence-corrected chi connectivity index (χ3v) is 3.45. The molecule has 6 heteroatoms. The summed E-state index contributed by atoms with van der Waals surface area (Å²) >= 11 is 5.93. The minimum absolute atomic E-state index is 0.284. The molecular formula is C14H13ClN2O3. The molecule has 0 saturated carbocycles. The largest absolute Gasteiger partial charge is 0.496 e. The molecule has 104 valence electrons. The molecule has 1 fully saturated rings. The molecule has 0 radical (unpaired) electrons. The molecule has 1 aromatic carbocycles. The second-order valence-corrected chi connectivity index (χ2v) is 4.69. The Morgan fingerprint density at radius 1 is 1.60 bits per heavy atom. The number of carbonyl (C=O) groups is 1. The topological polar surface area (TPSA) is 53.3 Å². The lowest BCUT2D eigenvalue weighted by Crippen LogP contribution is -2.10. The van der Waals surface area contributed by atoms with Crippen LogP contribution in [-0.2, 0) is 15.4 Å². The molecule has 0 amide bonds. The second-order valence-electron chi connectivity index (χ2n) is 4.42. The lowest BCUT2D eigenvalue weighted by molar-refractivity contribution is 0.0601. The van der Waals surface area contributed by atoms with Crippen LogP contribution in [-0.4, -0.2) is 29.2 Å². The van der Waals surface area contributed by atoms with E-state index in [9.17, 15) is 4.79 Å². The number of fused-ring (bicyclic) bond motifs is 1. The first-order chi connectivity index (χ1) is 9.72. The van der Waals surface area contributed by atoms with Gasteiger partial charge in [0.25, 0.3) is 0 Å². The molecule has 0 unspecified atom stereocenters. The molecule has 20 heavy (non-hydrogen) atoms. The number of carbonyl (C=O) groups excluding carboxylic acids is 1. The fraction of sp³-hybridized carbons (Fsp3) is 0.286. The van der Waals surface area contributed by atoms with E-state index in [2.05, 4.69) is 4.98 Å². The highest BCUT2D eigenvalue weighted by atomic mass is 35.5. The van der Waals surface area contributed by atoms with Crippen molar-refractivity contribution in [3.63, 3.8) is 0 Å². The zero-order valence-corrected chi connectivity index (χ0v) is 11.7. The lowest BCUT2D eigenvalue weighted by Gasteiger charge is -2.19. The van der Waals surface area contributed by atoms with E-state index in [0.717, 1.165) is 29.8 Å². The number of esters is 1. The quantitative estimate of drug-likeness (QED) is 0.645. The standard InChI is InChI=1S/C14H13ClN2O3/c1-19-14(18)9-2-3-11-12(6-9)17(13(7-15)16-11)8-10-4-5-20-10/h2-3,6,8H,4-5,7H2,1H3. The predicted octanol–water partition coefficient (Wildman–Crippen LogP) is 2.78. The van der Waals surface area contributed by atoms with E-state index in [4.69, 9.17) is 21.1 Å². The Labute approximate surface area is 120 Å². The number of aromatic nitrogens is 2. The maximum Gasteiger partial charge on any atom is 0.337 e. The van der Waals surface area contributed by atoms with Gasteiger partial charge in [-0.05, 0) is 18.2 Å². The number of halogens is 1. The minimum atomic E-state index is -0.375. The molecule has 1 aromatic heterocycles. The summed E-state index contributed by atoms with van der Waals surface area (Å²) in [6.45, 7) is 0.738. The minimum Gasteiger partial charge on any atom is -0.496 e. The monoisotopic (exact) mass is 292 g/mol. The smallest absolute Gasteiger partial charge is 0.337 e. The van der Waals surface area contributed by atoms with Gasteiger partial charge in [-0.25, -0.2) is 9.78 Å². The van der Waals surface area contributed by atoms with Crippen LogP contribution in [0.25, 0.3) is 17.2 Å². The maximum atomic E-state index is 11.6. The molecule has 2 aromatic rings. The molecule has 1 saturated heterocycles. The Hall–Kier alpha value is -2.01. The van der Waals surface area contributed by atoms with Crippen molar-refractivity contribution in [1.82, 2.24) is 9.55 Å². The number of alkyl halides is 1. The van der Waals surface area contributed by atoms with E-state index in [-0.39, 0.29) is 11.8 Å². The van der Waals surface area contributed by atoms with Crippen molar-refractivity contribution in [3.8, 4) is 0 Å². The third kappa shape index (κ3) is 2.14. The molecule has 1 aliphatic heterocycles. The van der Waals surface area contributed by atoms with Gasteiger partial charge in [-0.2, -0.15) is 0 Å². The van der Waals surface area contributed by atoms with E-state index in [1.54, 1.807) is 18.2 Å². The van der Waals surface area contributed by atoms with Gasteiger partial charge in [0.1, 0.15) is 11.6 Å². The first-order valence-electron chi connectivity index (χ1n) is 6.21. The van der Waals surface area contributed by atoms with Crippen LogP contribution in [0.4, 0.5) is 0 Å². The molecule has 1 aliphatic rings. The van der Waals surface area contributed by atoms with Crippen molar-refractivity contribution in [1.29, 1.82) is 0 Å². The van der Waals surface area contributed by atoms with Crippen molar-refractivity contribution in [3.05, 3.63) is 35.3 Å². The molecule has 2 heterocycles. The highest BCUT2D eigenvalue weighted by Crippen LogP contribution is 2.24. The summed E-state index contributed by atoms with van der Waals surface area (Å²) in [5, 5.41) is 0. The highest BCUT2D eigenvalue weighted by molar-refractivity contribution is 6.17. The van der Waals surface area contributed by atoms with E-state index < -0.39 is 0 Å². The summed E-state index contributed by atoms with van der Waals surface area (Å²) in [6.07, 6.45) is 2.77. The number of imidazole rings is 1. The lowest BCUT2D eigenvalue weighted by atomic mass is 10.2. The highest BCUT2D eigenvalue weighted by Gasteiger charge is 2.15. The fourth-order valence-corrected chi connectivity index (χ4v) is 2.28. The van der Waals surface area contributed by atoms with Crippen LogP contribution < -0.4 is 0 Å². The summed E-state index contributed by atoms with van der Waals surface area (Å²) in [6, 6.07) is 5.23. The van der Waals surface area contributed by atoms with E-state index in [1.807, 2.05) is 10.8 Å². The van der Waals surface area contributed by atoms with Crippen LogP contribution in [0.2, 0.25) is 0 Å². The van der Waals surface area contributed by atoms with Crippen molar-refractivity contribution in [2.24, 2.45) is 0 Å². The predicted molar refractivity (Wildman–Crippen MR) is 75.5 cm³/mol. The molecule has 0 spiro atoms. The molecular weight excluding hydrogens is 280 g/mol. The number of benzene rings is 1. The van der Waals surface area contributed by atoms with Gasteiger partial charge in [0.15, 0.2) is 0 Å². The van der Waals surface area contributed by atoms with Gasteiger partial charge in [0.2, 0.25) is 0 Å². The second kappa shape index (κ2) is 5.17. The van der Waals surface area contributed by atoms with Crippen LogP contribution in [0.3, 0.4) is 0 Å². The maximum absolute atomic E-state index is 11.6. The molecule has 5 nitrogen and oxygen atoms in total. The SMILES string of the molecule is COC(=O)c1ccc2nc(CCl)n(C=C3CCO3)c2c1. The van der Waals surface area contributed by atoms with Gasteiger partial charge in [0.05, 0.1) is 36.2 Å². The number of nitrogens with zero attached hydrogens (tertiary/aromatic N) is 2. The summed E-state index contributed by atoms with van der Waals surface area (Å²) in [7, 11) is 1.36. The first kappa shape index (κ1) is 13.0. The summed E-state index contributed by atoms with van der Waals surface area (Å²) in [5.41, 5.74) is 2.08. The van der Waals surface area contributed by atoms with Crippen molar-refractivity contribution < 1.29 is 14.3 Å². The normalized spacial score (nSPS) is 16.0. The van der Waals surface area contributed by atoms with E-state index in [1.165, 1.54) is 7.11 Å². The van der Waals surface area contributed by atoms with Crippen molar-refractivity contribution >= 4 is 34.8 Å². The fourth-order valence-electron chi connectivity index (χ4n) is 2.09. The van der Waals surface area contributed by atoms with Crippen molar-refractivity contribution in [2.75, 3.05) is 13.7 Å². The Balaban J connectivity index is 2.15. The van der Waals surface area contributed by atoms with E-state index >= 15 is 0 Å². The van der Waals surface area contributed by atoms with Crippen LogP contribution in [0.1, 0.15) is 22.6 Å². The number of hydrogen-bond donors (Lipinski definition) is 0. The number of methoxy groups -OCH3 is 1. The van der Waals surface area contributed by atoms with Gasteiger partial charge >= 0.3 is 5.97 Å². The third-order valence-electron chi connectivity index (χ3n) is 3.21. The molecule has 0 N–H and O–H groups in total. The zero-order chi connectivity index (χ0) is 14.1. The average Bonchev–Trinajstić information content (AvgIpc) is 2.78. The van der Waals surface area contributed by atoms with Gasteiger partial charge in [-0.3, -0.25) is 4.57 Å². The van der Waals surface area contributed by atoms with Crippen LogP contribution in [0, 0.1) is 0 Å². The molecule has 0 atom stereocenters. The Kier molecular flexibility index (Phi) is 3.36. The summed E-state index contributed by atoms with van der Waals surface area (Å²) in [4.78, 5) is 16.1. The van der Waals surface area contributed by atoms with Gasteiger partial charge < -0.3 is 9.47 Å². The Bertz CT molecular complexity index is 700. The number of rotatable bonds is 3. The van der Waals surface area contributed by atoms with Gasteiger partial charge in [-0.1, -0.05) is 0 Å². The molecule has 0 aliphatic carbocycles. The average molecular weight is 293 g/mol. The van der Waals surface area contributed by atoms with Gasteiger partial charge in [-0.15, -0.1) is 11.6 Å². The Morgan fingerprint density at radius 2 is 2.40 bits per heavy atom. The summed E-state index contributed by atoms with van der Waals surface area (Å²) < 4.78 is 11.9. The molecule has 0 bridgehead atoms. The number of hydrogen-bond acceptors (Lipinski definition) is 4. The Morgan fingerprint density at radius 3 is 3.00 bits per heavy atom. The van der Waals surface area contributed by atoms with Crippen molar-refractivity contribution in [2.45, 2.75) is 12.3 Å². The first-order valence-corrected chi connectivity index (χ1v) is 6.75. The van der Waals surface area contributed by atoms with Crippen LogP contribution in [0.15, 0.2) is 24.0 Å². The van der Waals surface area contributed by atoms with Crippen LogP contribution in [0.5, 0.6) is 0 Å². The molecule has 3 rings (SSSR count). The number of ether oxygens (including phenoxy) is 2. The van der Waals surface area contributed by atoms with Crippen LogP contribution >= 0.6 is 11.6 Å².